The third-order valence-electron chi connectivity index (χ3n) is 5.20. The lowest BCUT2D eigenvalue weighted by atomic mass is 9.93. The quantitative estimate of drug-likeness (QED) is 0.542. The van der Waals surface area contributed by atoms with E-state index in [-0.39, 0.29) is 5.82 Å². The first-order valence-corrected chi connectivity index (χ1v) is 10.7. The fourth-order valence-electron chi connectivity index (χ4n) is 3.33. The van der Waals surface area contributed by atoms with Gasteiger partial charge in [-0.05, 0) is 83.0 Å². The van der Waals surface area contributed by atoms with Crippen LogP contribution in [-0.2, 0) is 10.8 Å². The summed E-state index contributed by atoms with van der Waals surface area (Å²) in [5, 5.41) is 0. The van der Waals surface area contributed by atoms with Gasteiger partial charge in [0.2, 0.25) is 0 Å². The Labute approximate surface area is 163 Å². The summed E-state index contributed by atoms with van der Waals surface area (Å²) in [6, 6.07) is 12.7. The van der Waals surface area contributed by atoms with Gasteiger partial charge in [0.1, 0.15) is 5.82 Å². The van der Waals surface area contributed by atoms with Crippen LogP contribution < -0.4 is 0 Å². The molecule has 0 N–H and O–H groups in total. The van der Waals surface area contributed by atoms with Gasteiger partial charge in [0.15, 0.2) is 0 Å². The van der Waals surface area contributed by atoms with E-state index >= 15 is 0 Å². The minimum absolute atomic E-state index is 0.217. The van der Waals surface area contributed by atoms with Gasteiger partial charge in [-0.1, -0.05) is 44.2 Å². The van der Waals surface area contributed by atoms with E-state index in [1.165, 1.54) is 11.6 Å². The Morgan fingerprint density at radius 1 is 1.15 bits per heavy atom. The Morgan fingerprint density at radius 2 is 1.81 bits per heavy atom. The van der Waals surface area contributed by atoms with E-state index in [2.05, 4.69) is 33.4 Å². The summed E-state index contributed by atoms with van der Waals surface area (Å²) in [7, 11) is -0.985. The largest absolute Gasteiger partial charge is 0.255 e. The number of allylic oxidation sites excluding steroid dienone is 4. The van der Waals surface area contributed by atoms with E-state index in [1.54, 1.807) is 12.3 Å². The van der Waals surface area contributed by atoms with Crippen LogP contribution in [0.5, 0.6) is 0 Å². The molecule has 1 atom stereocenters. The van der Waals surface area contributed by atoms with Crippen LogP contribution in [0.4, 0.5) is 4.39 Å². The molecule has 3 heteroatoms. The highest BCUT2D eigenvalue weighted by Crippen LogP contribution is 2.45. The van der Waals surface area contributed by atoms with Crippen LogP contribution in [-0.4, -0.2) is 10.5 Å². The van der Waals surface area contributed by atoms with Gasteiger partial charge >= 0.3 is 0 Å². The SMILES string of the molecule is C=C(CC1=C(C)/C(=C/c2ccc(S(C)=O)cc2)c2ccc(F)cc21)C(C)C. The highest BCUT2D eigenvalue weighted by atomic mass is 32.2. The van der Waals surface area contributed by atoms with Crippen molar-refractivity contribution in [3.8, 4) is 0 Å². The smallest absolute Gasteiger partial charge is 0.123 e. The molecule has 0 saturated carbocycles. The van der Waals surface area contributed by atoms with Crippen molar-refractivity contribution in [3.63, 3.8) is 0 Å². The van der Waals surface area contributed by atoms with Gasteiger partial charge in [0, 0.05) is 22.0 Å². The zero-order valence-electron chi connectivity index (χ0n) is 16.3. The van der Waals surface area contributed by atoms with Crippen LogP contribution >= 0.6 is 0 Å². The highest BCUT2D eigenvalue weighted by molar-refractivity contribution is 7.84. The fraction of sp³-hybridized carbons (Fsp3) is 0.250. The summed E-state index contributed by atoms with van der Waals surface area (Å²) < 4.78 is 25.5. The van der Waals surface area contributed by atoms with E-state index in [4.69, 9.17) is 0 Å². The number of rotatable bonds is 5. The molecule has 0 amide bonds. The third kappa shape index (κ3) is 4.03. The Balaban J connectivity index is 2.08. The molecule has 140 valence electrons. The molecule has 1 aliphatic rings. The van der Waals surface area contributed by atoms with Gasteiger partial charge in [0.25, 0.3) is 0 Å². The zero-order valence-corrected chi connectivity index (χ0v) is 17.1. The van der Waals surface area contributed by atoms with Gasteiger partial charge in [-0.2, -0.15) is 0 Å². The molecular weight excluding hydrogens is 355 g/mol. The molecule has 2 aromatic rings. The van der Waals surface area contributed by atoms with Crippen molar-refractivity contribution in [1.29, 1.82) is 0 Å². The number of halogens is 1. The second-order valence-electron chi connectivity index (χ2n) is 7.36. The Bertz CT molecular complexity index is 978. The number of benzene rings is 2. The lowest BCUT2D eigenvalue weighted by molar-refractivity contribution is 0.627. The molecule has 0 spiro atoms. The molecule has 0 heterocycles. The maximum Gasteiger partial charge on any atom is 0.123 e. The second-order valence-corrected chi connectivity index (χ2v) is 8.74. The first kappa shape index (κ1) is 19.5. The molecular formula is C24H25FOS. The average Bonchev–Trinajstić information content (AvgIpc) is 2.87. The highest BCUT2D eigenvalue weighted by Gasteiger charge is 2.24. The van der Waals surface area contributed by atoms with Gasteiger partial charge < -0.3 is 0 Å². The van der Waals surface area contributed by atoms with Crippen molar-refractivity contribution in [1.82, 2.24) is 0 Å². The molecule has 2 aromatic carbocycles. The molecule has 1 unspecified atom stereocenters. The summed E-state index contributed by atoms with van der Waals surface area (Å²) in [4.78, 5) is 0.812. The summed E-state index contributed by atoms with van der Waals surface area (Å²) in [6.07, 6.45) is 4.56. The molecule has 0 aliphatic heterocycles. The third-order valence-corrected chi connectivity index (χ3v) is 6.13. The number of hydrogen-bond donors (Lipinski definition) is 0. The fourth-order valence-corrected chi connectivity index (χ4v) is 3.85. The van der Waals surface area contributed by atoms with Crippen LogP contribution in [0, 0.1) is 11.7 Å². The molecule has 0 aromatic heterocycles. The Morgan fingerprint density at radius 3 is 2.41 bits per heavy atom. The summed E-state index contributed by atoms with van der Waals surface area (Å²) in [5.74, 6) is 0.169. The van der Waals surface area contributed by atoms with Crippen molar-refractivity contribution in [3.05, 3.63) is 82.7 Å². The summed E-state index contributed by atoms with van der Waals surface area (Å²) in [5.41, 5.74) is 7.65. The van der Waals surface area contributed by atoms with Crippen LogP contribution in [0.15, 0.2) is 65.1 Å². The number of fused-ring (bicyclic) bond motifs is 1. The molecule has 0 bridgehead atoms. The lowest BCUT2D eigenvalue weighted by Gasteiger charge is -2.12. The van der Waals surface area contributed by atoms with Gasteiger partial charge in [-0.25, -0.2) is 4.39 Å². The van der Waals surface area contributed by atoms with Crippen LogP contribution in [0.3, 0.4) is 0 Å². The Kier molecular flexibility index (Phi) is 5.61. The average molecular weight is 381 g/mol. The van der Waals surface area contributed by atoms with Crippen LogP contribution in [0.25, 0.3) is 17.2 Å². The topological polar surface area (TPSA) is 17.1 Å². The van der Waals surface area contributed by atoms with Crippen molar-refractivity contribution in [2.75, 3.05) is 6.26 Å². The standard InChI is InChI=1S/C24H25FOS/c1-15(2)16(3)12-22-17(4)23(21-11-8-19(25)14-24(21)22)13-18-6-9-20(10-7-18)27(5)26/h6-11,13-15H,3,12H2,1-2,4-5H3/b23-13-. The minimum atomic E-state index is -0.985. The monoisotopic (exact) mass is 380 g/mol. The molecule has 27 heavy (non-hydrogen) atoms. The van der Waals surface area contributed by atoms with Gasteiger partial charge in [-0.15, -0.1) is 0 Å². The van der Waals surface area contributed by atoms with Crippen molar-refractivity contribution >= 4 is 28.0 Å². The molecule has 0 fully saturated rings. The Hall–Kier alpha value is -2.26. The predicted molar refractivity (Wildman–Crippen MR) is 114 cm³/mol. The summed E-state index contributed by atoms with van der Waals surface area (Å²) in [6.45, 7) is 10.6. The zero-order chi connectivity index (χ0) is 19.7. The van der Waals surface area contributed by atoms with Crippen molar-refractivity contribution < 1.29 is 8.60 Å². The van der Waals surface area contributed by atoms with E-state index in [0.29, 0.717) is 5.92 Å². The molecule has 3 rings (SSSR count). The lowest BCUT2D eigenvalue weighted by Crippen LogP contribution is -1.95. The van der Waals surface area contributed by atoms with Crippen molar-refractivity contribution in [2.24, 2.45) is 5.92 Å². The van der Waals surface area contributed by atoms with Gasteiger partial charge in [-0.3, -0.25) is 4.21 Å². The predicted octanol–water partition coefficient (Wildman–Crippen LogP) is 6.49. The first-order chi connectivity index (χ1) is 12.8. The number of hydrogen-bond acceptors (Lipinski definition) is 1. The van der Waals surface area contributed by atoms with E-state index < -0.39 is 10.8 Å². The van der Waals surface area contributed by atoms with E-state index in [1.807, 2.05) is 30.3 Å². The maximum atomic E-state index is 13.9. The first-order valence-electron chi connectivity index (χ1n) is 9.11. The second kappa shape index (κ2) is 7.77. The van der Waals surface area contributed by atoms with E-state index in [0.717, 1.165) is 44.7 Å². The van der Waals surface area contributed by atoms with Crippen LogP contribution in [0.1, 0.15) is 43.9 Å². The van der Waals surface area contributed by atoms with Crippen molar-refractivity contribution in [2.45, 2.75) is 32.1 Å². The minimum Gasteiger partial charge on any atom is -0.255 e. The summed E-state index contributed by atoms with van der Waals surface area (Å²) >= 11 is 0. The normalized spacial score (nSPS) is 16.1. The van der Waals surface area contributed by atoms with Gasteiger partial charge in [0.05, 0.1) is 0 Å². The molecule has 1 nitrogen and oxygen atoms in total. The maximum absolute atomic E-state index is 13.9. The van der Waals surface area contributed by atoms with Crippen LogP contribution in [0.2, 0.25) is 0 Å². The van der Waals surface area contributed by atoms with E-state index in [9.17, 15) is 8.60 Å². The molecule has 1 aliphatic carbocycles. The molecule has 0 saturated heterocycles. The molecule has 0 radical (unpaired) electrons.